The van der Waals surface area contributed by atoms with Gasteiger partial charge in [-0.1, -0.05) is 13.3 Å². The smallest absolute Gasteiger partial charge is 0.0537 e. The van der Waals surface area contributed by atoms with Gasteiger partial charge in [-0.3, -0.25) is 4.68 Å². The first-order valence-corrected chi connectivity index (χ1v) is 5.99. The number of likely N-dealkylation sites (N-methyl/N-ethyl adjacent to an activating group) is 1. The van der Waals surface area contributed by atoms with Gasteiger partial charge in [0.15, 0.2) is 0 Å². The van der Waals surface area contributed by atoms with Crippen molar-refractivity contribution >= 4 is 0 Å². The monoisotopic (exact) mass is 224 g/mol. The van der Waals surface area contributed by atoms with E-state index >= 15 is 0 Å². The van der Waals surface area contributed by atoms with Crippen LogP contribution in [0.3, 0.4) is 0 Å². The van der Waals surface area contributed by atoms with Crippen molar-refractivity contribution in [2.24, 2.45) is 12.8 Å². The molecule has 0 saturated heterocycles. The summed E-state index contributed by atoms with van der Waals surface area (Å²) in [5.74, 6) is 0. The molecule has 92 valence electrons. The van der Waals surface area contributed by atoms with Gasteiger partial charge in [-0.15, -0.1) is 0 Å². The van der Waals surface area contributed by atoms with Crippen LogP contribution in [-0.2, 0) is 7.05 Å². The molecule has 0 aliphatic carbocycles. The Labute approximate surface area is 98.4 Å². The van der Waals surface area contributed by atoms with Crippen LogP contribution in [0.15, 0.2) is 12.4 Å². The van der Waals surface area contributed by atoms with Gasteiger partial charge < -0.3 is 10.6 Å². The lowest BCUT2D eigenvalue weighted by Gasteiger charge is -2.26. The molecule has 1 aromatic heterocycles. The SMILES string of the molecule is CCCC(C)N(C)CC(N)c1cnn(C)c1. The Morgan fingerprint density at radius 1 is 1.56 bits per heavy atom. The predicted molar refractivity (Wildman–Crippen MR) is 67.1 cm³/mol. The number of hydrogen-bond acceptors (Lipinski definition) is 3. The van der Waals surface area contributed by atoms with Gasteiger partial charge in [0.2, 0.25) is 0 Å². The molecule has 0 amide bonds. The van der Waals surface area contributed by atoms with Gasteiger partial charge >= 0.3 is 0 Å². The topological polar surface area (TPSA) is 47.1 Å². The summed E-state index contributed by atoms with van der Waals surface area (Å²) >= 11 is 0. The molecular formula is C12H24N4. The second-order valence-corrected chi connectivity index (χ2v) is 4.63. The highest BCUT2D eigenvalue weighted by atomic mass is 15.2. The fraction of sp³-hybridized carbons (Fsp3) is 0.750. The normalized spacial score (nSPS) is 15.4. The summed E-state index contributed by atoms with van der Waals surface area (Å²) in [6.07, 6.45) is 6.27. The molecule has 0 radical (unpaired) electrons. The van der Waals surface area contributed by atoms with E-state index in [1.54, 1.807) is 4.68 Å². The summed E-state index contributed by atoms with van der Waals surface area (Å²) in [7, 11) is 4.05. The largest absolute Gasteiger partial charge is 0.323 e. The van der Waals surface area contributed by atoms with Crippen LogP contribution in [-0.4, -0.2) is 34.3 Å². The second kappa shape index (κ2) is 6.01. The fourth-order valence-corrected chi connectivity index (χ4v) is 1.87. The summed E-state index contributed by atoms with van der Waals surface area (Å²) in [5, 5.41) is 4.14. The summed E-state index contributed by atoms with van der Waals surface area (Å²) in [4.78, 5) is 2.32. The van der Waals surface area contributed by atoms with Crippen LogP contribution in [0.25, 0.3) is 0 Å². The van der Waals surface area contributed by atoms with Gasteiger partial charge in [0, 0.05) is 37.4 Å². The van der Waals surface area contributed by atoms with Crippen LogP contribution in [0.4, 0.5) is 0 Å². The van der Waals surface area contributed by atoms with E-state index in [9.17, 15) is 0 Å². The first-order valence-electron chi connectivity index (χ1n) is 5.99. The van der Waals surface area contributed by atoms with E-state index in [0.717, 1.165) is 12.1 Å². The van der Waals surface area contributed by atoms with Crippen LogP contribution in [0.1, 0.15) is 38.3 Å². The highest BCUT2D eigenvalue weighted by Gasteiger charge is 2.14. The van der Waals surface area contributed by atoms with Crippen molar-refractivity contribution < 1.29 is 0 Å². The van der Waals surface area contributed by atoms with Crippen molar-refractivity contribution in [3.8, 4) is 0 Å². The molecule has 4 nitrogen and oxygen atoms in total. The predicted octanol–water partition coefficient (Wildman–Crippen LogP) is 1.54. The third kappa shape index (κ3) is 3.61. The van der Waals surface area contributed by atoms with Crippen molar-refractivity contribution in [1.82, 2.24) is 14.7 Å². The molecule has 1 aromatic rings. The highest BCUT2D eigenvalue weighted by molar-refractivity contribution is 5.09. The Morgan fingerprint density at radius 2 is 2.25 bits per heavy atom. The average Bonchev–Trinajstić information content (AvgIpc) is 2.65. The number of hydrogen-bond donors (Lipinski definition) is 1. The molecule has 0 aromatic carbocycles. The first-order chi connectivity index (χ1) is 7.54. The molecule has 0 saturated carbocycles. The fourth-order valence-electron chi connectivity index (χ4n) is 1.87. The molecule has 0 fully saturated rings. The molecule has 2 atom stereocenters. The van der Waals surface area contributed by atoms with Crippen molar-refractivity contribution in [2.75, 3.05) is 13.6 Å². The number of nitrogens with zero attached hydrogens (tertiary/aromatic N) is 3. The molecule has 0 spiro atoms. The molecule has 2 unspecified atom stereocenters. The molecule has 2 N–H and O–H groups in total. The van der Waals surface area contributed by atoms with Crippen LogP contribution in [0.5, 0.6) is 0 Å². The number of aromatic nitrogens is 2. The highest BCUT2D eigenvalue weighted by Crippen LogP contribution is 2.12. The molecule has 4 heteroatoms. The Balaban J connectivity index is 2.47. The maximum atomic E-state index is 6.15. The Hall–Kier alpha value is -0.870. The quantitative estimate of drug-likeness (QED) is 0.797. The van der Waals surface area contributed by atoms with Gasteiger partial charge in [0.05, 0.1) is 6.20 Å². The lowest BCUT2D eigenvalue weighted by molar-refractivity contribution is 0.231. The number of nitrogens with two attached hydrogens (primary N) is 1. The van der Waals surface area contributed by atoms with Crippen LogP contribution < -0.4 is 5.73 Å². The molecule has 16 heavy (non-hydrogen) atoms. The summed E-state index contributed by atoms with van der Waals surface area (Å²) < 4.78 is 1.80. The van der Waals surface area contributed by atoms with Gasteiger partial charge in [-0.05, 0) is 20.4 Å². The average molecular weight is 224 g/mol. The maximum Gasteiger partial charge on any atom is 0.0537 e. The Morgan fingerprint density at radius 3 is 2.75 bits per heavy atom. The summed E-state index contributed by atoms with van der Waals surface area (Å²) in [6, 6.07) is 0.644. The van der Waals surface area contributed by atoms with Crippen molar-refractivity contribution in [2.45, 2.75) is 38.8 Å². The van der Waals surface area contributed by atoms with Crippen LogP contribution in [0.2, 0.25) is 0 Å². The van der Waals surface area contributed by atoms with Crippen molar-refractivity contribution in [1.29, 1.82) is 0 Å². The summed E-state index contributed by atoms with van der Waals surface area (Å²) in [5.41, 5.74) is 7.26. The van der Waals surface area contributed by atoms with Crippen LogP contribution in [0, 0.1) is 0 Å². The second-order valence-electron chi connectivity index (χ2n) is 4.63. The molecule has 1 rings (SSSR count). The van der Waals surface area contributed by atoms with Crippen LogP contribution >= 0.6 is 0 Å². The zero-order valence-corrected chi connectivity index (χ0v) is 10.8. The van der Waals surface area contributed by atoms with Gasteiger partial charge in [-0.2, -0.15) is 5.10 Å². The molecule has 1 heterocycles. The lowest BCUT2D eigenvalue weighted by Crippen LogP contribution is -2.35. The van der Waals surface area contributed by atoms with E-state index in [0.29, 0.717) is 6.04 Å². The van der Waals surface area contributed by atoms with E-state index in [-0.39, 0.29) is 6.04 Å². The minimum Gasteiger partial charge on any atom is -0.323 e. The van der Waals surface area contributed by atoms with Gasteiger partial charge in [0.25, 0.3) is 0 Å². The zero-order chi connectivity index (χ0) is 12.1. The zero-order valence-electron chi connectivity index (χ0n) is 10.8. The standard InChI is InChI=1S/C12H24N4/c1-5-6-10(2)15(3)9-12(13)11-7-14-16(4)8-11/h7-8,10,12H,5-6,9,13H2,1-4H3. The third-order valence-corrected chi connectivity index (χ3v) is 3.10. The molecule has 0 bridgehead atoms. The third-order valence-electron chi connectivity index (χ3n) is 3.10. The number of aryl methyl sites for hydroxylation is 1. The number of rotatable bonds is 6. The van der Waals surface area contributed by atoms with E-state index in [1.807, 2.05) is 19.4 Å². The van der Waals surface area contributed by atoms with E-state index < -0.39 is 0 Å². The van der Waals surface area contributed by atoms with E-state index in [4.69, 9.17) is 5.73 Å². The summed E-state index contributed by atoms with van der Waals surface area (Å²) in [6.45, 7) is 5.34. The Kier molecular flexibility index (Phi) is 4.96. The van der Waals surface area contributed by atoms with E-state index in [1.165, 1.54) is 12.8 Å². The van der Waals surface area contributed by atoms with Crippen molar-refractivity contribution in [3.63, 3.8) is 0 Å². The van der Waals surface area contributed by atoms with Gasteiger partial charge in [0.1, 0.15) is 0 Å². The maximum absolute atomic E-state index is 6.15. The van der Waals surface area contributed by atoms with E-state index in [2.05, 4.69) is 30.9 Å². The molecule has 0 aliphatic rings. The lowest BCUT2D eigenvalue weighted by atomic mass is 10.1. The van der Waals surface area contributed by atoms with Crippen molar-refractivity contribution in [3.05, 3.63) is 18.0 Å². The molecular weight excluding hydrogens is 200 g/mol. The Bertz CT molecular complexity index is 308. The van der Waals surface area contributed by atoms with Gasteiger partial charge in [-0.25, -0.2) is 0 Å². The minimum absolute atomic E-state index is 0.0537. The minimum atomic E-state index is 0.0537. The molecule has 0 aliphatic heterocycles. The first kappa shape index (κ1) is 13.2.